The number of rotatable bonds is 5. The van der Waals surface area contributed by atoms with Gasteiger partial charge in [-0.1, -0.05) is 97.1 Å². The first-order valence-corrected chi connectivity index (χ1v) is 10.8. The minimum atomic E-state index is -0.446. The first-order chi connectivity index (χ1) is 14.3. The molecule has 2 nitrogen and oxygen atoms in total. The van der Waals surface area contributed by atoms with Gasteiger partial charge in [0.05, 0.1) is 14.2 Å². The van der Waals surface area contributed by atoms with Crippen molar-refractivity contribution in [2.45, 2.75) is 0 Å². The summed E-state index contributed by atoms with van der Waals surface area (Å²) in [5, 5.41) is 4.19. The molecule has 5 heteroatoms. The molecule has 0 heterocycles. The molecule has 0 aliphatic rings. The number of methoxy groups -OCH3 is 2. The van der Waals surface area contributed by atoms with Gasteiger partial charge in [0.25, 0.3) is 0 Å². The summed E-state index contributed by atoms with van der Waals surface area (Å²) in [5.74, 6) is 1.64. The first kappa shape index (κ1) is 26.9. The molecular weight excluding hydrogens is 486 g/mol. The summed E-state index contributed by atoms with van der Waals surface area (Å²) >= 11 is 0. The summed E-state index contributed by atoms with van der Waals surface area (Å²) in [6.07, 6.45) is 0. The van der Waals surface area contributed by atoms with Crippen LogP contribution in [0.2, 0.25) is 0 Å². The Bertz CT molecular complexity index is 871. The summed E-state index contributed by atoms with van der Waals surface area (Å²) in [6, 6.07) is 39.8. The third kappa shape index (κ3) is 8.11. The highest BCUT2D eigenvalue weighted by Gasteiger charge is 2.14. The van der Waals surface area contributed by atoms with Gasteiger partial charge in [-0.2, -0.15) is 9.90 Å². The van der Waals surface area contributed by atoms with Crippen LogP contribution in [0.25, 0.3) is 0 Å². The Balaban J connectivity index is 0.000000345. The predicted octanol–water partition coefficient (Wildman–Crippen LogP) is 5.78. The van der Waals surface area contributed by atoms with Crippen molar-refractivity contribution in [1.29, 1.82) is 0 Å². The normalized spacial score (nSPS) is 9.39. The summed E-state index contributed by atoms with van der Waals surface area (Å²) in [7, 11) is 2.82. The summed E-state index contributed by atoms with van der Waals surface area (Å²) in [4.78, 5) is 0. The first-order valence-electron chi connectivity index (χ1n) is 9.45. The van der Waals surface area contributed by atoms with Crippen molar-refractivity contribution < 1.29 is 9.47 Å². The molecule has 0 spiro atoms. The van der Waals surface area contributed by atoms with Crippen molar-refractivity contribution in [3.05, 3.63) is 115 Å². The number of ether oxygens (including phenoxy) is 2. The van der Waals surface area contributed by atoms with Gasteiger partial charge in [-0.25, -0.2) is 0 Å². The number of hydrogen-bond acceptors (Lipinski definition) is 2. The highest BCUT2D eigenvalue weighted by atomic mass is 79.9. The van der Waals surface area contributed by atoms with Gasteiger partial charge in [-0.05, 0) is 36.0 Å². The molecular formula is C26H29BrO2P2. The maximum absolute atomic E-state index is 4.98. The van der Waals surface area contributed by atoms with Gasteiger partial charge in [-0.3, -0.25) is 0 Å². The molecule has 0 N–H and O–H groups in total. The standard InChI is InChI=1S/C18H15P.C8H10O2.BrH.H3P/c1-4-10-16(11-5-1)19(17-12-6-2-7-13-17)18-14-8-3-9-15-18;1-9-7-4-3-5-8(6-7)10-2;;/h1-15H;3-6H,1-2H3;1H;1H3. The number of hydrogen-bond donors (Lipinski definition) is 0. The summed E-state index contributed by atoms with van der Waals surface area (Å²) < 4.78 is 9.95. The Morgan fingerprint density at radius 3 is 1.10 bits per heavy atom. The maximum Gasteiger partial charge on any atom is 0.122 e. The summed E-state index contributed by atoms with van der Waals surface area (Å²) in [6.45, 7) is 0. The fraction of sp³-hybridized carbons (Fsp3) is 0.0769. The number of halogens is 1. The number of benzene rings is 4. The van der Waals surface area contributed by atoms with E-state index in [1.807, 2.05) is 24.3 Å². The lowest BCUT2D eigenvalue weighted by molar-refractivity contribution is 0.394. The van der Waals surface area contributed by atoms with E-state index in [4.69, 9.17) is 9.47 Å². The topological polar surface area (TPSA) is 18.5 Å². The molecule has 4 aromatic rings. The van der Waals surface area contributed by atoms with E-state index >= 15 is 0 Å². The third-order valence-corrected chi connectivity index (χ3v) is 6.76. The average molecular weight is 515 g/mol. The Kier molecular flexibility index (Phi) is 12.8. The molecule has 31 heavy (non-hydrogen) atoms. The molecule has 0 saturated carbocycles. The zero-order valence-corrected chi connectivity index (χ0v) is 21.9. The van der Waals surface area contributed by atoms with Gasteiger partial charge < -0.3 is 9.47 Å². The smallest absolute Gasteiger partial charge is 0.122 e. The van der Waals surface area contributed by atoms with Crippen LogP contribution in [-0.4, -0.2) is 14.2 Å². The molecule has 1 unspecified atom stereocenters. The monoisotopic (exact) mass is 514 g/mol. The fourth-order valence-electron chi connectivity index (χ4n) is 2.91. The van der Waals surface area contributed by atoms with Gasteiger partial charge in [0.15, 0.2) is 0 Å². The lowest BCUT2D eigenvalue weighted by Crippen LogP contribution is -2.20. The second kappa shape index (κ2) is 14.8. The Hall–Kier alpha value is -2.18. The Morgan fingerprint density at radius 1 is 0.484 bits per heavy atom. The molecule has 4 rings (SSSR count). The van der Waals surface area contributed by atoms with Gasteiger partial charge >= 0.3 is 0 Å². The minimum absolute atomic E-state index is 0. The molecule has 162 valence electrons. The van der Waals surface area contributed by atoms with Crippen LogP contribution in [0, 0.1) is 0 Å². The van der Waals surface area contributed by atoms with E-state index in [1.165, 1.54) is 15.9 Å². The van der Waals surface area contributed by atoms with E-state index in [1.54, 1.807) is 14.2 Å². The van der Waals surface area contributed by atoms with Crippen LogP contribution in [0.15, 0.2) is 115 Å². The molecule has 0 saturated heterocycles. The van der Waals surface area contributed by atoms with Gasteiger partial charge in [0.2, 0.25) is 0 Å². The van der Waals surface area contributed by atoms with Crippen LogP contribution in [0.1, 0.15) is 0 Å². The molecule has 0 bridgehead atoms. The predicted molar refractivity (Wildman–Crippen MR) is 146 cm³/mol. The second-order valence-electron chi connectivity index (χ2n) is 6.23. The van der Waals surface area contributed by atoms with Crippen LogP contribution >= 0.6 is 34.8 Å². The fourth-order valence-corrected chi connectivity index (χ4v) is 5.21. The Labute approximate surface area is 200 Å². The molecule has 0 radical (unpaired) electrons. The van der Waals surface area contributed by atoms with Crippen LogP contribution in [0.4, 0.5) is 0 Å². The zero-order valence-electron chi connectivity index (χ0n) is 17.8. The van der Waals surface area contributed by atoms with Crippen LogP contribution in [0.3, 0.4) is 0 Å². The van der Waals surface area contributed by atoms with Crippen molar-refractivity contribution in [3.8, 4) is 11.5 Å². The molecule has 1 atom stereocenters. The van der Waals surface area contributed by atoms with Gasteiger partial charge in [0.1, 0.15) is 11.5 Å². The van der Waals surface area contributed by atoms with Crippen molar-refractivity contribution >= 4 is 50.7 Å². The van der Waals surface area contributed by atoms with E-state index in [9.17, 15) is 0 Å². The summed E-state index contributed by atoms with van der Waals surface area (Å²) in [5.41, 5.74) is 0. The van der Waals surface area contributed by atoms with Crippen molar-refractivity contribution in [3.63, 3.8) is 0 Å². The molecule has 4 aromatic carbocycles. The lowest BCUT2D eigenvalue weighted by Gasteiger charge is -2.18. The quantitative estimate of drug-likeness (QED) is 0.314. The van der Waals surface area contributed by atoms with Crippen LogP contribution in [0.5, 0.6) is 11.5 Å². The van der Waals surface area contributed by atoms with E-state index in [2.05, 4.69) is 91.0 Å². The van der Waals surface area contributed by atoms with E-state index < -0.39 is 7.92 Å². The van der Waals surface area contributed by atoms with Crippen LogP contribution in [-0.2, 0) is 0 Å². The Morgan fingerprint density at radius 2 is 0.806 bits per heavy atom. The minimum Gasteiger partial charge on any atom is -0.497 e. The van der Waals surface area contributed by atoms with Gasteiger partial charge in [0, 0.05) is 6.07 Å². The highest BCUT2D eigenvalue weighted by molar-refractivity contribution is 8.93. The van der Waals surface area contributed by atoms with Crippen molar-refractivity contribution in [2.75, 3.05) is 14.2 Å². The molecule has 0 aliphatic heterocycles. The van der Waals surface area contributed by atoms with E-state index in [0.29, 0.717) is 0 Å². The SMILES string of the molecule is Br.COc1cccc(OC)c1.P.c1ccc(P(c2ccccc2)c2ccccc2)cc1. The molecule has 0 fully saturated rings. The van der Waals surface area contributed by atoms with E-state index in [0.717, 1.165) is 11.5 Å². The molecule has 0 aliphatic carbocycles. The highest BCUT2D eigenvalue weighted by Crippen LogP contribution is 2.32. The lowest BCUT2D eigenvalue weighted by atomic mass is 10.3. The zero-order chi connectivity index (χ0) is 20.3. The largest absolute Gasteiger partial charge is 0.497 e. The van der Waals surface area contributed by atoms with Gasteiger partial charge in [-0.15, -0.1) is 17.0 Å². The second-order valence-corrected chi connectivity index (χ2v) is 8.45. The maximum atomic E-state index is 4.98. The van der Waals surface area contributed by atoms with E-state index in [-0.39, 0.29) is 26.9 Å². The van der Waals surface area contributed by atoms with Crippen LogP contribution < -0.4 is 25.4 Å². The third-order valence-electron chi connectivity index (χ3n) is 4.32. The average Bonchev–Trinajstić information content (AvgIpc) is 2.82. The molecule has 0 aromatic heterocycles. The molecule has 0 amide bonds. The van der Waals surface area contributed by atoms with Crippen molar-refractivity contribution in [1.82, 2.24) is 0 Å². The van der Waals surface area contributed by atoms with Crippen molar-refractivity contribution in [2.24, 2.45) is 0 Å².